The lowest BCUT2D eigenvalue weighted by molar-refractivity contribution is 0.179. The second kappa shape index (κ2) is 5.46. The van der Waals surface area contributed by atoms with Gasteiger partial charge in [-0.3, -0.25) is 0 Å². The third-order valence-electron chi connectivity index (χ3n) is 2.61. The first-order chi connectivity index (χ1) is 6.61. The lowest BCUT2D eigenvalue weighted by Crippen LogP contribution is -2.32. The van der Waals surface area contributed by atoms with Crippen LogP contribution in [0.5, 0.6) is 0 Å². The van der Waals surface area contributed by atoms with E-state index in [0.29, 0.717) is 6.04 Å². The van der Waals surface area contributed by atoms with E-state index in [-0.39, 0.29) is 0 Å². The van der Waals surface area contributed by atoms with E-state index >= 15 is 0 Å². The number of carbonyl (C=O) groups is 1. The zero-order valence-corrected chi connectivity index (χ0v) is 9.59. The van der Waals surface area contributed by atoms with E-state index in [1.165, 1.54) is 48.5 Å². The first kappa shape index (κ1) is 11.7. The van der Waals surface area contributed by atoms with E-state index in [0.717, 1.165) is 0 Å². The lowest BCUT2D eigenvalue weighted by Gasteiger charge is -2.31. The molecule has 0 heterocycles. The number of nitrogens with zero attached hydrogens (tertiary/aromatic N) is 2. The quantitative estimate of drug-likeness (QED) is 0.739. The molecule has 1 aliphatic carbocycles. The third-order valence-corrected chi connectivity index (χ3v) is 3.57. The van der Waals surface area contributed by atoms with E-state index in [4.69, 9.17) is 5.11 Å². The summed E-state index contributed by atoms with van der Waals surface area (Å²) in [7, 11) is 3.55. The van der Waals surface area contributed by atoms with E-state index in [9.17, 15) is 4.79 Å². The molecule has 1 amide bonds. The fourth-order valence-electron chi connectivity index (χ4n) is 1.74. The molecule has 0 radical (unpaired) electrons. The van der Waals surface area contributed by atoms with Crippen molar-refractivity contribution >= 4 is 18.2 Å². The van der Waals surface area contributed by atoms with Gasteiger partial charge in [0.05, 0.1) is 0 Å². The largest absolute Gasteiger partial charge is 0.464 e. The van der Waals surface area contributed by atoms with Gasteiger partial charge in [0.1, 0.15) is 0 Å². The van der Waals surface area contributed by atoms with Crippen LogP contribution in [0.1, 0.15) is 32.1 Å². The molecule has 14 heavy (non-hydrogen) atoms. The van der Waals surface area contributed by atoms with Crippen LogP contribution in [-0.4, -0.2) is 39.9 Å². The van der Waals surface area contributed by atoms with Gasteiger partial charge in [0.2, 0.25) is 0 Å². The first-order valence-corrected chi connectivity index (χ1v) is 5.72. The Bertz CT molecular complexity index is 195. The summed E-state index contributed by atoms with van der Waals surface area (Å²) in [6, 6.07) is 0.538. The Labute approximate surface area is 89.5 Å². The van der Waals surface area contributed by atoms with Crippen molar-refractivity contribution in [2.45, 2.75) is 38.1 Å². The predicted molar refractivity (Wildman–Crippen MR) is 58.0 cm³/mol. The summed E-state index contributed by atoms with van der Waals surface area (Å²) in [6.07, 6.45) is 5.36. The SMILES string of the molecule is CN(SN(C)C1CCCCC1)C(=O)O. The van der Waals surface area contributed by atoms with Crippen molar-refractivity contribution in [1.82, 2.24) is 8.61 Å². The Kier molecular flexibility index (Phi) is 4.54. The number of carboxylic acid groups (broad SMARTS) is 1. The fraction of sp³-hybridized carbons (Fsp3) is 0.889. The highest BCUT2D eigenvalue weighted by Crippen LogP contribution is 2.26. The minimum absolute atomic E-state index is 0.538. The summed E-state index contributed by atoms with van der Waals surface area (Å²) in [6.45, 7) is 0. The van der Waals surface area contributed by atoms with Crippen molar-refractivity contribution in [2.75, 3.05) is 14.1 Å². The Balaban J connectivity index is 2.32. The minimum Gasteiger partial charge on any atom is -0.464 e. The predicted octanol–water partition coefficient (Wildman–Crippen LogP) is 2.42. The summed E-state index contributed by atoms with van der Waals surface area (Å²) in [5.41, 5.74) is 0. The van der Waals surface area contributed by atoms with Crippen LogP contribution >= 0.6 is 12.1 Å². The second-order valence-electron chi connectivity index (χ2n) is 3.70. The van der Waals surface area contributed by atoms with Crippen molar-refractivity contribution in [3.63, 3.8) is 0 Å². The zero-order valence-electron chi connectivity index (χ0n) is 8.77. The maximum Gasteiger partial charge on any atom is 0.418 e. The Hall–Kier alpha value is -0.420. The van der Waals surface area contributed by atoms with E-state index in [2.05, 4.69) is 4.31 Å². The highest BCUT2D eigenvalue weighted by Gasteiger charge is 2.21. The summed E-state index contributed by atoms with van der Waals surface area (Å²) in [5, 5.41) is 8.71. The molecule has 82 valence electrons. The lowest BCUT2D eigenvalue weighted by atomic mass is 9.96. The summed E-state index contributed by atoms with van der Waals surface area (Å²) >= 11 is 1.28. The van der Waals surface area contributed by atoms with Gasteiger partial charge in [-0.1, -0.05) is 19.3 Å². The molecule has 1 fully saturated rings. The molecule has 0 atom stereocenters. The fourth-order valence-corrected chi connectivity index (χ4v) is 2.54. The number of rotatable bonds is 3. The number of amides is 1. The van der Waals surface area contributed by atoms with Gasteiger partial charge in [0, 0.05) is 25.2 Å². The van der Waals surface area contributed by atoms with E-state index in [1.54, 1.807) is 7.05 Å². The molecule has 0 spiro atoms. The highest BCUT2D eigenvalue weighted by atomic mass is 32.2. The van der Waals surface area contributed by atoms with Crippen molar-refractivity contribution in [3.8, 4) is 0 Å². The van der Waals surface area contributed by atoms with Crippen LogP contribution < -0.4 is 0 Å². The maximum atomic E-state index is 10.6. The Morgan fingerprint density at radius 3 is 2.36 bits per heavy atom. The molecule has 1 rings (SSSR count). The standard InChI is InChI=1S/C9H18N2O2S/c1-10(14-11(2)9(12)13)8-6-4-3-5-7-8/h8H,3-7H2,1-2H3,(H,12,13). The Morgan fingerprint density at radius 1 is 1.29 bits per heavy atom. The summed E-state index contributed by atoms with van der Waals surface area (Å²) in [4.78, 5) is 10.6. The maximum absolute atomic E-state index is 10.6. The second-order valence-corrected chi connectivity index (χ2v) is 4.99. The van der Waals surface area contributed by atoms with Gasteiger partial charge in [-0.05, 0) is 19.9 Å². The van der Waals surface area contributed by atoms with Crippen LogP contribution in [0.25, 0.3) is 0 Å². The van der Waals surface area contributed by atoms with Crippen molar-refractivity contribution in [1.29, 1.82) is 0 Å². The highest BCUT2D eigenvalue weighted by molar-refractivity contribution is 7.95. The molecule has 0 unspecified atom stereocenters. The Morgan fingerprint density at radius 2 is 1.86 bits per heavy atom. The van der Waals surface area contributed by atoms with Gasteiger partial charge in [-0.2, -0.15) is 0 Å². The molecule has 0 saturated heterocycles. The van der Waals surface area contributed by atoms with Crippen molar-refractivity contribution in [2.24, 2.45) is 0 Å². The molecule has 0 bridgehead atoms. The van der Waals surface area contributed by atoms with Gasteiger partial charge in [0.15, 0.2) is 0 Å². The van der Waals surface area contributed by atoms with Crippen LogP contribution in [0.3, 0.4) is 0 Å². The van der Waals surface area contributed by atoms with Gasteiger partial charge >= 0.3 is 6.09 Å². The molecule has 0 aromatic carbocycles. The van der Waals surface area contributed by atoms with Gasteiger partial charge < -0.3 is 5.11 Å². The third kappa shape index (κ3) is 3.38. The monoisotopic (exact) mass is 218 g/mol. The molecular weight excluding hydrogens is 200 g/mol. The zero-order chi connectivity index (χ0) is 10.6. The van der Waals surface area contributed by atoms with Crippen molar-refractivity contribution < 1.29 is 9.90 Å². The molecule has 0 aromatic heterocycles. The normalized spacial score (nSPS) is 18.5. The summed E-state index contributed by atoms with van der Waals surface area (Å²) < 4.78 is 3.31. The van der Waals surface area contributed by atoms with Gasteiger partial charge in [-0.15, -0.1) is 0 Å². The molecule has 1 saturated carbocycles. The number of hydrogen-bond donors (Lipinski definition) is 1. The first-order valence-electron chi connectivity index (χ1n) is 4.99. The van der Waals surface area contributed by atoms with E-state index < -0.39 is 6.09 Å². The summed E-state index contributed by atoms with van der Waals surface area (Å²) in [5.74, 6) is 0. The van der Waals surface area contributed by atoms with Crippen LogP contribution in [0.2, 0.25) is 0 Å². The smallest absolute Gasteiger partial charge is 0.418 e. The molecular formula is C9H18N2O2S. The van der Waals surface area contributed by atoms with E-state index in [1.807, 2.05) is 7.05 Å². The topological polar surface area (TPSA) is 43.8 Å². The molecule has 0 aromatic rings. The average molecular weight is 218 g/mol. The molecule has 0 aliphatic heterocycles. The minimum atomic E-state index is -0.891. The van der Waals surface area contributed by atoms with Crippen molar-refractivity contribution in [3.05, 3.63) is 0 Å². The molecule has 1 N–H and O–H groups in total. The molecule has 4 nitrogen and oxygen atoms in total. The van der Waals surface area contributed by atoms with Crippen LogP contribution in [-0.2, 0) is 0 Å². The van der Waals surface area contributed by atoms with Crippen LogP contribution in [0, 0.1) is 0 Å². The van der Waals surface area contributed by atoms with Crippen LogP contribution in [0.4, 0.5) is 4.79 Å². The van der Waals surface area contributed by atoms with Gasteiger partial charge in [-0.25, -0.2) is 13.4 Å². The molecule has 5 heteroatoms. The van der Waals surface area contributed by atoms with Crippen LogP contribution in [0.15, 0.2) is 0 Å². The van der Waals surface area contributed by atoms with Gasteiger partial charge in [0.25, 0.3) is 0 Å². The average Bonchev–Trinajstić information content (AvgIpc) is 2.19. The molecule has 1 aliphatic rings. The number of hydrogen-bond acceptors (Lipinski definition) is 3.